The molecule has 0 radical (unpaired) electrons. The maximum absolute atomic E-state index is 4.40. The Bertz CT molecular complexity index is 532. The third-order valence-electron chi connectivity index (χ3n) is 3.02. The lowest BCUT2D eigenvalue weighted by molar-refractivity contribution is 0.791. The monoisotopic (exact) mass is 259 g/mol. The molecule has 0 saturated heterocycles. The fraction of sp³-hybridized carbons (Fsp3) is 0.500. The van der Waals surface area contributed by atoms with Crippen molar-refractivity contribution in [3.05, 3.63) is 30.1 Å². The summed E-state index contributed by atoms with van der Waals surface area (Å²) in [5.41, 5.74) is 1.06. The Balaban J connectivity index is 2.36. The molecule has 0 amide bonds. The second-order valence-corrected chi connectivity index (χ2v) is 4.56. The van der Waals surface area contributed by atoms with E-state index in [1.165, 1.54) is 0 Å². The van der Waals surface area contributed by atoms with Gasteiger partial charge in [0.05, 0.1) is 0 Å². The second-order valence-electron chi connectivity index (χ2n) is 4.56. The summed E-state index contributed by atoms with van der Waals surface area (Å²) < 4.78 is 2.05. The van der Waals surface area contributed by atoms with E-state index in [-0.39, 0.29) is 0 Å². The summed E-state index contributed by atoms with van der Waals surface area (Å²) in [6.07, 6.45) is 8.49. The maximum atomic E-state index is 4.40. The van der Waals surface area contributed by atoms with Gasteiger partial charge in [-0.1, -0.05) is 13.8 Å². The van der Waals surface area contributed by atoms with Crippen LogP contribution < -0.4 is 5.32 Å². The van der Waals surface area contributed by atoms with Crippen LogP contribution in [-0.4, -0.2) is 26.1 Å². The fourth-order valence-corrected chi connectivity index (χ4v) is 2.04. The maximum Gasteiger partial charge on any atom is 0.146 e. The lowest BCUT2D eigenvalue weighted by Gasteiger charge is -2.13. The topological polar surface area (TPSA) is 55.6 Å². The first kappa shape index (κ1) is 13.5. The van der Waals surface area contributed by atoms with Gasteiger partial charge in [0.1, 0.15) is 23.8 Å². The fourth-order valence-electron chi connectivity index (χ4n) is 2.04. The summed E-state index contributed by atoms with van der Waals surface area (Å²) in [6, 6.07) is 0. The van der Waals surface area contributed by atoms with E-state index in [0.29, 0.717) is 0 Å². The molecule has 19 heavy (non-hydrogen) atoms. The number of nitrogens with zero attached hydrogens (tertiary/aromatic N) is 4. The molecule has 0 bridgehead atoms. The molecule has 0 aliphatic rings. The van der Waals surface area contributed by atoms with Crippen molar-refractivity contribution < 1.29 is 0 Å². The molecule has 5 nitrogen and oxygen atoms in total. The summed E-state index contributed by atoms with van der Waals surface area (Å²) in [6.45, 7) is 7.26. The van der Waals surface area contributed by atoms with Crippen molar-refractivity contribution in [2.75, 3.05) is 11.9 Å². The molecule has 102 valence electrons. The van der Waals surface area contributed by atoms with Crippen LogP contribution in [0.2, 0.25) is 0 Å². The molecule has 0 spiro atoms. The minimum Gasteiger partial charge on any atom is -0.370 e. The molecule has 5 heteroatoms. The molecule has 0 fully saturated rings. The zero-order valence-electron chi connectivity index (χ0n) is 11.8. The number of nitrogens with one attached hydrogen (secondary N) is 1. The third-order valence-corrected chi connectivity index (χ3v) is 3.02. The van der Waals surface area contributed by atoms with Crippen molar-refractivity contribution in [2.45, 2.75) is 40.0 Å². The van der Waals surface area contributed by atoms with E-state index in [1.807, 2.05) is 19.3 Å². The van der Waals surface area contributed by atoms with E-state index >= 15 is 0 Å². The van der Waals surface area contributed by atoms with Crippen LogP contribution in [-0.2, 0) is 6.42 Å². The smallest absolute Gasteiger partial charge is 0.146 e. The molecule has 2 heterocycles. The van der Waals surface area contributed by atoms with E-state index in [4.69, 9.17) is 0 Å². The van der Waals surface area contributed by atoms with Gasteiger partial charge in [-0.25, -0.2) is 15.0 Å². The number of imidazole rings is 1. The Morgan fingerprint density at radius 2 is 2.00 bits per heavy atom. The zero-order valence-corrected chi connectivity index (χ0v) is 11.8. The van der Waals surface area contributed by atoms with Crippen LogP contribution in [0.25, 0.3) is 5.82 Å². The summed E-state index contributed by atoms with van der Waals surface area (Å²) in [5.74, 6) is 2.86. The molecule has 2 rings (SSSR count). The first-order valence-electron chi connectivity index (χ1n) is 6.86. The highest BCUT2D eigenvalue weighted by Crippen LogP contribution is 2.19. The van der Waals surface area contributed by atoms with Gasteiger partial charge in [0.2, 0.25) is 0 Å². The van der Waals surface area contributed by atoms with Gasteiger partial charge in [0.15, 0.2) is 0 Å². The molecule has 0 aliphatic carbocycles. The highest BCUT2D eigenvalue weighted by molar-refractivity contribution is 5.51. The normalized spacial score (nSPS) is 10.7. The highest BCUT2D eigenvalue weighted by Gasteiger charge is 2.11. The molecular formula is C14H21N5. The van der Waals surface area contributed by atoms with Gasteiger partial charge in [-0.3, -0.25) is 4.57 Å². The summed E-state index contributed by atoms with van der Waals surface area (Å²) in [7, 11) is 0. The molecule has 0 aliphatic heterocycles. The summed E-state index contributed by atoms with van der Waals surface area (Å²) in [4.78, 5) is 13.1. The quantitative estimate of drug-likeness (QED) is 0.866. The highest BCUT2D eigenvalue weighted by atomic mass is 15.1. The van der Waals surface area contributed by atoms with Crippen molar-refractivity contribution in [3.8, 4) is 5.82 Å². The largest absolute Gasteiger partial charge is 0.370 e. The molecular weight excluding hydrogens is 238 g/mol. The van der Waals surface area contributed by atoms with Crippen LogP contribution in [0.5, 0.6) is 0 Å². The average molecular weight is 259 g/mol. The molecule has 2 aromatic rings. The van der Waals surface area contributed by atoms with Gasteiger partial charge >= 0.3 is 0 Å². The SMILES string of the molecule is CCCNc1ncnc(-n2ccnc2CCC)c1C. The average Bonchev–Trinajstić information content (AvgIpc) is 2.86. The van der Waals surface area contributed by atoms with Crippen LogP contribution in [0.1, 0.15) is 38.1 Å². The van der Waals surface area contributed by atoms with E-state index in [2.05, 4.69) is 38.7 Å². The van der Waals surface area contributed by atoms with E-state index < -0.39 is 0 Å². The minimum absolute atomic E-state index is 0.906. The van der Waals surface area contributed by atoms with Crippen molar-refractivity contribution in [2.24, 2.45) is 0 Å². The number of aryl methyl sites for hydroxylation is 1. The van der Waals surface area contributed by atoms with Crippen molar-refractivity contribution in [3.63, 3.8) is 0 Å². The molecule has 0 atom stereocenters. The van der Waals surface area contributed by atoms with Crippen molar-refractivity contribution in [1.29, 1.82) is 0 Å². The second kappa shape index (κ2) is 6.31. The number of aromatic nitrogens is 4. The van der Waals surface area contributed by atoms with Gasteiger partial charge in [-0.2, -0.15) is 0 Å². The molecule has 0 aromatic carbocycles. The van der Waals surface area contributed by atoms with Gasteiger partial charge < -0.3 is 5.32 Å². The van der Waals surface area contributed by atoms with Crippen LogP contribution in [0, 0.1) is 6.92 Å². The molecule has 1 N–H and O–H groups in total. The first-order chi connectivity index (χ1) is 9.27. The first-order valence-corrected chi connectivity index (χ1v) is 6.86. The molecule has 2 aromatic heterocycles. The third kappa shape index (κ3) is 2.92. The number of rotatable bonds is 6. The van der Waals surface area contributed by atoms with E-state index in [9.17, 15) is 0 Å². The van der Waals surface area contributed by atoms with E-state index in [0.717, 1.165) is 48.8 Å². The van der Waals surface area contributed by atoms with Crippen LogP contribution in [0.4, 0.5) is 5.82 Å². The zero-order chi connectivity index (χ0) is 13.7. The van der Waals surface area contributed by atoms with E-state index in [1.54, 1.807) is 6.33 Å². The van der Waals surface area contributed by atoms with Gasteiger partial charge in [0.25, 0.3) is 0 Å². The van der Waals surface area contributed by atoms with Gasteiger partial charge in [-0.15, -0.1) is 0 Å². The van der Waals surface area contributed by atoms with Crippen LogP contribution in [0.3, 0.4) is 0 Å². The Kier molecular flexibility index (Phi) is 4.49. The van der Waals surface area contributed by atoms with Crippen LogP contribution >= 0.6 is 0 Å². The standard InChI is InChI=1S/C14H21N5/c1-4-6-12-15-8-9-19(12)14-11(3)13(16-7-5-2)17-10-18-14/h8-10H,4-7H2,1-3H3,(H,16,17,18). The number of hydrogen-bond donors (Lipinski definition) is 1. The number of hydrogen-bond acceptors (Lipinski definition) is 4. The van der Waals surface area contributed by atoms with Crippen molar-refractivity contribution >= 4 is 5.82 Å². The summed E-state index contributed by atoms with van der Waals surface area (Å²) >= 11 is 0. The molecule has 0 saturated carbocycles. The van der Waals surface area contributed by atoms with Gasteiger partial charge in [-0.05, 0) is 19.8 Å². The Morgan fingerprint density at radius 3 is 2.74 bits per heavy atom. The Labute approximate surface area is 114 Å². The molecule has 0 unspecified atom stereocenters. The van der Waals surface area contributed by atoms with Crippen LogP contribution in [0.15, 0.2) is 18.7 Å². The number of anilines is 1. The predicted octanol–water partition coefficient (Wildman–Crippen LogP) is 2.75. The lowest BCUT2D eigenvalue weighted by Crippen LogP contribution is -2.10. The predicted molar refractivity (Wildman–Crippen MR) is 76.7 cm³/mol. The Morgan fingerprint density at radius 1 is 1.16 bits per heavy atom. The summed E-state index contributed by atoms with van der Waals surface area (Å²) in [5, 5.41) is 3.33. The lowest BCUT2D eigenvalue weighted by atomic mass is 10.2. The minimum atomic E-state index is 0.906. The van der Waals surface area contributed by atoms with Gasteiger partial charge in [0, 0.05) is 30.9 Å². The van der Waals surface area contributed by atoms with Crippen molar-refractivity contribution in [1.82, 2.24) is 19.5 Å². The Hall–Kier alpha value is -1.91.